The average molecular weight is 382 g/mol. The highest BCUT2D eigenvalue weighted by Gasteiger charge is 2.14. The Morgan fingerprint density at radius 3 is 3.05 bits per heavy atom. The van der Waals surface area contributed by atoms with Crippen molar-refractivity contribution in [2.45, 2.75) is 38.3 Å². The minimum atomic E-state index is 0.486. The van der Waals surface area contributed by atoms with Crippen LogP contribution in [0.2, 0.25) is 0 Å². The summed E-state index contributed by atoms with van der Waals surface area (Å²) in [5.41, 5.74) is 2.46. The van der Waals surface area contributed by atoms with Crippen LogP contribution in [-0.2, 0) is 11.3 Å². The van der Waals surface area contributed by atoms with Crippen LogP contribution in [-0.4, -0.2) is 22.5 Å². The Hall–Kier alpha value is -0.880. The Morgan fingerprint density at radius 2 is 2.25 bits per heavy atom. The van der Waals surface area contributed by atoms with Crippen LogP contribution in [0.4, 0.5) is 0 Å². The molecule has 0 N–H and O–H groups in total. The van der Waals surface area contributed by atoms with Crippen molar-refractivity contribution in [2.24, 2.45) is 0 Å². The molecule has 0 saturated carbocycles. The fourth-order valence-corrected chi connectivity index (χ4v) is 3.37. The highest BCUT2D eigenvalue weighted by molar-refractivity contribution is 14.1. The van der Waals surface area contributed by atoms with Crippen LogP contribution in [0, 0.1) is 3.57 Å². The highest BCUT2D eigenvalue weighted by atomic mass is 127. The molecule has 1 aliphatic heterocycles. The Bertz CT molecular complexity index is 561. The zero-order valence-electron chi connectivity index (χ0n) is 11.5. The Kier molecular flexibility index (Phi) is 4.73. The lowest BCUT2D eigenvalue weighted by molar-refractivity contribution is 0.101. The minimum Gasteiger partial charge on any atom is -0.378 e. The topological polar surface area (TPSA) is 27.1 Å². The molecule has 4 heteroatoms. The standard InChI is InChI=1S/C16H19IN2O/c17-16-8-2-1-7-15(16)13-11-18-19(12-13)9-3-5-14-6-4-10-20-14/h1-2,7-8,11-12,14H,3-6,9-10H2. The quantitative estimate of drug-likeness (QED) is 0.728. The molecular formula is C16H19IN2O. The van der Waals surface area contributed by atoms with E-state index in [-0.39, 0.29) is 0 Å². The maximum Gasteiger partial charge on any atom is 0.0576 e. The molecule has 2 heterocycles. The first-order valence-corrected chi connectivity index (χ1v) is 8.30. The van der Waals surface area contributed by atoms with Crippen molar-refractivity contribution in [1.29, 1.82) is 0 Å². The van der Waals surface area contributed by atoms with Gasteiger partial charge in [0.05, 0.1) is 12.3 Å². The summed E-state index contributed by atoms with van der Waals surface area (Å²) < 4.78 is 8.97. The van der Waals surface area contributed by atoms with Gasteiger partial charge in [0.1, 0.15) is 0 Å². The number of aryl methyl sites for hydroxylation is 1. The monoisotopic (exact) mass is 382 g/mol. The van der Waals surface area contributed by atoms with Crippen molar-refractivity contribution in [1.82, 2.24) is 9.78 Å². The predicted octanol–water partition coefficient (Wildman–Crippen LogP) is 4.11. The van der Waals surface area contributed by atoms with Crippen molar-refractivity contribution in [3.8, 4) is 11.1 Å². The molecule has 1 saturated heterocycles. The van der Waals surface area contributed by atoms with Crippen molar-refractivity contribution in [3.05, 3.63) is 40.2 Å². The lowest BCUT2D eigenvalue weighted by atomic mass is 10.1. The fourth-order valence-electron chi connectivity index (χ4n) is 2.67. The van der Waals surface area contributed by atoms with Gasteiger partial charge in [-0.1, -0.05) is 18.2 Å². The molecule has 0 spiro atoms. The Labute approximate surface area is 133 Å². The van der Waals surface area contributed by atoms with Gasteiger partial charge in [0.2, 0.25) is 0 Å². The Morgan fingerprint density at radius 1 is 1.35 bits per heavy atom. The van der Waals surface area contributed by atoms with Crippen LogP contribution >= 0.6 is 22.6 Å². The van der Waals surface area contributed by atoms with Gasteiger partial charge in [-0.25, -0.2) is 0 Å². The van der Waals surface area contributed by atoms with Gasteiger partial charge in [-0.15, -0.1) is 0 Å². The van der Waals surface area contributed by atoms with Crippen molar-refractivity contribution in [2.75, 3.05) is 6.61 Å². The summed E-state index contributed by atoms with van der Waals surface area (Å²) in [5, 5.41) is 4.47. The smallest absolute Gasteiger partial charge is 0.0576 e. The molecule has 0 radical (unpaired) electrons. The van der Waals surface area contributed by atoms with E-state index in [9.17, 15) is 0 Å². The molecule has 3 rings (SSSR count). The summed E-state index contributed by atoms with van der Waals surface area (Å²) in [6.07, 6.45) is 9.34. The van der Waals surface area contributed by atoms with Gasteiger partial charge >= 0.3 is 0 Å². The van der Waals surface area contributed by atoms with Crippen LogP contribution in [0.25, 0.3) is 11.1 Å². The summed E-state index contributed by atoms with van der Waals surface area (Å²) in [4.78, 5) is 0. The SMILES string of the molecule is Ic1ccccc1-c1cnn(CCCC2CCCO2)c1. The van der Waals surface area contributed by atoms with E-state index >= 15 is 0 Å². The van der Waals surface area contributed by atoms with Crippen molar-refractivity contribution >= 4 is 22.6 Å². The second-order valence-electron chi connectivity index (χ2n) is 5.25. The third-order valence-corrected chi connectivity index (χ3v) is 4.70. The van der Waals surface area contributed by atoms with Gasteiger partial charge in [0, 0.05) is 28.5 Å². The molecule has 2 aromatic rings. The molecule has 106 valence electrons. The van der Waals surface area contributed by atoms with E-state index < -0.39 is 0 Å². The van der Waals surface area contributed by atoms with E-state index in [0.717, 1.165) is 26.0 Å². The summed E-state index contributed by atoms with van der Waals surface area (Å²) >= 11 is 2.37. The van der Waals surface area contributed by atoms with E-state index in [1.54, 1.807) is 0 Å². The maximum absolute atomic E-state index is 5.65. The molecule has 1 fully saturated rings. The van der Waals surface area contributed by atoms with E-state index in [1.165, 1.54) is 27.5 Å². The van der Waals surface area contributed by atoms with Crippen LogP contribution in [0.5, 0.6) is 0 Å². The Balaban J connectivity index is 1.58. The normalized spacial score (nSPS) is 18.6. The van der Waals surface area contributed by atoms with Crippen molar-refractivity contribution in [3.63, 3.8) is 0 Å². The van der Waals surface area contributed by atoms with Gasteiger partial charge in [-0.05, 0) is 59.9 Å². The van der Waals surface area contributed by atoms with Gasteiger partial charge in [0.15, 0.2) is 0 Å². The minimum absolute atomic E-state index is 0.486. The molecule has 20 heavy (non-hydrogen) atoms. The number of nitrogens with zero attached hydrogens (tertiary/aromatic N) is 2. The molecular weight excluding hydrogens is 363 g/mol. The van der Waals surface area contributed by atoms with E-state index in [0.29, 0.717) is 6.10 Å². The molecule has 0 bridgehead atoms. The number of hydrogen-bond donors (Lipinski definition) is 0. The van der Waals surface area contributed by atoms with Gasteiger partial charge in [-0.3, -0.25) is 4.68 Å². The van der Waals surface area contributed by atoms with Gasteiger partial charge < -0.3 is 4.74 Å². The third kappa shape index (κ3) is 3.41. The molecule has 0 amide bonds. The summed E-state index contributed by atoms with van der Waals surface area (Å²) in [6.45, 7) is 1.92. The maximum atomic E-state index is 5.65. The molecule has 1 aliphatic rings. The second-order valence-corrected chi connectivity index (χ2v) is 6.41. The van der Waals surface area contributed by atoms with E-state index in [1.807, 2.05) is 10.9 Å². The number of ether oxygens (including phenoxy) is 1. The summed E-state index contributed by atoms with van der Waals surface area (Å²) in [6, 6.07) is 8.42. The van der Waals surface area contributed by atoms with Crippen LogP contribution < -0.4 is 0 Å². The zero-order valence-corrected chi connectivity index (χ0v) is 13.6. The third-order valence-electron chi connectivity index (χ3n) is 3.76. The first-order chi connectivity index (χ1) is 9.83. The predicted molar refractivity (Wildman–Crippen MR) is 88.6 cm³/mol. The van der Waals surface area contributed by atoms with Crippen LogP contribution in [0.1, 0.15) is 25.7 Å². The molecule has 1 aromatic carbocycles. The summed E-state index contributed by atoms with van der Waals surface area (Å²) in [7, 11) is 0. The number of benzene rings is 1. The fraction of sp³-hybridized carbons (Fsp3) is 0.438. The number of halogens is 1. The van der Waals surface area contributed by atoms with Gasteiger partial charge in [0.25, 0.3) is 0 Å². The lowest BCUT2D eigenvalue weighted by Gasteiger charge is -2.08. The largest absolute Gasteiger partial charge is 0.378 e. The first-order valence-electron chi connectivity index (χ1n) is 7.22. The molecule has 0 aliphatic carbocycles. The second kappa shape index (κ2) is 6.72. The number of aromatic nitrogens is 2. The first kappa shape index (κ1) is 14.1. The zero-order chi connectivity index (χ0) is 13.8. The van der Waals surface area contributed by atoms with Crippen LogP contribution in [0.3, 0.4) is 0 Å². The molecule has 1 aromatic heterocycles. The molecule has 1 unspecified atom stereocenters. The van der Waals surface area contributed by atoms with Crippen LogP contribution in [0.15, 0.2) is 36.7 Å². The molecule has 3 nitrogen and oxygen atoms in total. The number of rotatable bonds is 5. The summed E-state index contributed by atoms with van der Waals surface area (Å²) in [5.74, 6) is 0. The average Bonchev–Trinajstić information content (AvgIpc) is 3.11. The van der Waals surface area contributed by atoms with E-state index in [4.69, 9.17) is 4.74 Å². The highest BCUT2D eigenvalue weighted by Crippen LogP contribution is 2.24. The van der Waals surface area contributed by atoms with Gasteiger partial charge in [-0.2, -0.15) is 5.10 Å². The van der Waals surface area contributed by atoms with Crippen molar-refractivity contribution < 1.29 is 4.74 Å². The van der Waals surface area contributed by atoms with E-state index in [2.05, 4.69) is 58.2 Å². The lowest BCUT2D eigenvalue weighted by Crippen LogP contribution is -2.07. The number of hydrogen-bond acceptors (Lipinski definition) is 2. The molecule has 1 atom stereocenters.